The number of rotatable bonds is 2. The molecule has 0 fully saturated rings. The molecule has 0 saturated carbocycles. The van der Waals surface area contributed by atoms with Crippen LogP contribution in [-0.4, -0.2) is 15.5 Å². The maximum Gasteiger partial charge on any atom is 0.0573 e. The highest BCUT2D eigenvalue weighted by molar-refractivity contribution is 5.44. The molecule has 1 aromatic rings. The van der Waals surface area contributed by atoms with Gasteiger partial charge >= 0.3 is 0 Å². The Balaban J connectivity index is 1.27. The lowest BCUT2D eigenvalue weighted by atomic mass is 9.81. The average molecular weight is 441 g/mol. The first-order valence-electron chi connectivity index (χ1n) is 14.1. The Morgan fingerprint density at radius 2 is 1.58 bits per heavy atom. The number of aromatic nitrogens is 1. The van der Waals surface area contributed by atoms with E-state index in [4.69, 9.17) is 0 Å². The third-order valence-electron chi connectivity index (χ3n) is 9.76. The van der Waals surface area contributed by atoms with Crippen molar-refractivity contribution >= 4 is 0 Å². The third-order valence-corrected chi connectivity index (χ3v) is 9.76. The van der Waals surface area contributed by atoms with Crippen molar-refractivity contribution in [1.29, 1.82) is 0 Å². The zero-order valence-electron chi connectivity index (χ0n) is 20.5. The summed E-state index contributed by atoms with van der Waals surface area (Å²) in [7, 11) is 0. The largest absolute Gasteiger partial charge is 0.344 e. The highest BCUT2D eigenvalue weighted by Crippen LogP contribution is 2.51. The van der Waals surface area contributed by atoms with E-state index >= 15 is 0 Å². The van der Waals surface area contributed by atoms with Crippen molar-refractivity contribution in [2.24, 2.45) is 11.8 Å². The van der Waals surface area contributed by atoms with Crippen molar-refractivity contribution in [3.8, 4) is 0 Å². The van der Waals surface area contributed by atoms with Crippen LogP contribution in [0.3, 0.4) is 0 Å². The second kappa shape index (κ2) is 8.07. The van der Waals surface area contributed by atoms with Crippen LogP contribution >= 0.6 is 0 Å². The van der Waals surface area contributed by atoms with E-state index in [0.717, 1.165) is 0 Å². The predicted octanol–water partition coefficient (Wildman–Crippen LogP) is 7.36. The minimum Gasteiger partial charge on any atom is -0.344 e. The van der Waals surface area contributed by atoms with Gasteiger partial charge in [-0.1, -0.05) is 31.2 Å². The normalized spacial score (nSPS) is 32.9. The van der Waals surface area contributed by atoms with Gasteiger partial charge in [-0.2, -0.15) is 0 Å². The molecule has 5 aliphatic carbocycles. The first kappa shape index (κ1) is 20.4. The molecule has 0 amide bonds. The van der Waals surface area contributed by atoms with Crippen molar-refractivity contribution in [2.75, 3.05) is 0 Å². The zero-order valence-corrected chi connectivity index (χ0v) is 20.5. The van der Waals surface area contributed by atoms with Crippen LogP contribution in [0.15, 0.2) is 47.3 Å². The van der Waals surface area contributed by atoms with E-state index in [2.05, 4.69) is 46.8 Å². The van der Waals surface area contributed by atoms with Crippen LogP contribution in [-0.2, 0) is 25.7 Å². The van der Waals surface area contributed by atoms with Crippen LogP contribution in [0.4, 0.5) is 0 Å². The van der Waals surface area contributed by atoms with Gasteiger partial charge in [0.05, 0.1) is 6.04 Å². The highest BCUT2D eigenvalue weighted by atomic mass is 15.2. The Hall–Kier alpha value is -1.96. The lowest BCUT2D eigenvalue weighted by Gasteiger charge is -2.39. The minimum atomic E-state index is 0.514. The smallest absolute Gasteiger partial charge is 0.0573 e. The molecule has 0 bridgehead atoms. The molecule has 0 radical (unpaired) electrons. The standard InChI is InChI=1S/C31H40N2/c1-21-10-8-16-27-26-15-4-7-19-30(26)33(31(21)27)23-12-9-11-22(20-23)32-28-17-5-2-13-24(28)25-14-3-6-18-29(25)32/h4,9,11-12,15,21-22,26,30H,2-3,5-8,10,13-14,16-20H2,1H3. The van der Waals surface area contributed by atoms with Crippen LogP contribution in [0.5, 0.6) is 0 Å². The fourth-order valence-electron chi connectivity index (χ4n) is 8.44. The van der Waals surface area contributed by atoms with Crippen LogP contribution in [0, 0.1) is 11.8 Å². The molecule has 1 aromatic heterocycles. The Labute approximate surface area is 200 Å². The van der Waals surface area contributed by atoms with Gasteiger partial charge in [-0.15, -0.1) is 0 Å². The first-order chi connectivity index (χ1) is 16.3. The van der Waals surface area contributed by atoms with Crippen LogP contribution in [0.1, 0.15) is 99.7 Å². The summed E-state index contributed by atoms with van der Waals surface area (Å²) in [5.74, 6) is 1.39. The quantitative estimate of drug-likeness (QED) is 0.436. The number of hydrogen-bond donors (Lipinski definition) is 0. The molecule has 174 valence electrons. The van der Waals surface area contributed by atoms with Crippen LogP contribution in [0.25, 0.3) is 0 Å². The Morgan fingerprint density at radius 1 is 0.818 bits per heavy atom. The molecular formula is C31H40N2. The fourth-order valence-corrected chi connectivity index (χ4v) is 8.44. The summed E-state index contributed by atoms with van der Waals surface area (Å²) in [6, 6.07) is 1.19. The summed E-state index contributed by atoms with van der Waals surface area (Å²) in [6.45, 7) is 2.50. The van der Waals surface area contributed by atoms with E-state index < -0.39 is 0 Å². The lowest BCUT2D eigenvalue weighted by Crippen LogP contribution is -2.36. The third kappa shape index (κ3) is 3.12. The summed E-state index contributed by atoms with van der Waals surface area (Å²) >= 11 is 0. The molecule has 2 nitrogen and oxygen atoms in total. The van der Waals surface area contributed by atoms with Gasteiger partial charge in [-0.25, -0.2) is 0 Å². The first-order valence-corrected chi connectivity index (χ1v) is 14.1. The molecular weight excluding hydrogens is 400 g/mol. The molecule has 2 heteroatoms. The van der Waals surface area contributed by atoms with Gasteiger partial charge in [0.1, 0.15) is 0 Å². The van der Waals surface area contributed by atoms with Crippen molar-refractivity contribution in [1.82, 2.24) is 9.47 Å². The van der Waals surface area contributed by atoms with Gasteiger partial charge in [0.2, 0.25) is 0 Å². The molecule has 1 aliphatic heterocycles. The SMILES string of the molecule is CC1CCCC2=C1N(C1=CC=CC(n3c4c(c5c3CCCC5)CCCC4)C1)C1CCC=CC21. The molecule has 4 atom stereocenters. The fraction of sp³-hybridized carbons (Fsp3) is 0.613. The van der Waals surface area contributed by atoms with Gasteiger partial charge in [-0.05, 0) is 112 Å². The molecule has 33 heavy (non-hydrogen) atoms. The Kier molecular flexibility index (Phi) is 4.99. The summed E-state index contributed by atoms with van der Waals surface area (Å²) in [4.78, 5) is 2.88. The average Bonchev–Trinajstić information content (AvgIpc) is 3.38. The van der Waals surface area contributed by atoms with Crippen molar-refractivity contribution in [2.45, 2.75) is 109 Å². The summed E-state index contributed by atoms with van der Waals surface area (Å²) in [5.41, 5.74) is 12.1. The van der Waals surface area contributed by atoms with Gasteiger partial charge in [-0.3, -0.25) is 0 Å². The van der Waals surface area contributed by atoms with Gasteiger partial charge in [0.15, 0.2) is 0 Å². The predicted molar refractivity (Wildman–Crippen MR) is 136 cm³/mol. The zero-order chi connectivity index (χ0) is 21.9. The van der Waals surface area contributed by atoms with E-state index in [1.54, 1.807) is 39.5 Å². The van der Waals surface area contributed by atoms with E-state index in [9.17, 15) is 0 Å². The maximum absolute atomic E-state index is 2.88. The van der Waals surface area contributed by atoms with E-state index in [0.29, 0.717) is 23.9 Å². The maximum atomic E-state index is 2.88. The van der Waals surface area contributed by atoms with Gasteiger partial charge in [0.25, 0.3) is 0 Å². The van der Waals surface area contributed by atoms with Gasteiger partial charge in [0, 0.05) is 41.2 Å². The van der Waals surface area contributed by atoms with Crippen LogP contribution < -0.4 is 0 Å². The highest BCUT2D eigenvalue weighted by Gasteiger charge is 2.44. The number of nitrogens with zero attached hydrogens (tertiary/aromatic N) is 2. The lowest BCUT2D eigenvalue weighted by molar-refractivity contribution is 0.254. The molecule has 0 N–H and O–H groups in total. The van der Waals surface area contributed by atoms with Crippen molar-refractivity contribution < 1.29 is 0 Å². The molecule has 7 rings (SSSR count). The monoisotopic (exact) mass is 440 g/mol. The summed E-state index contributed by atoms with van der Waals surface area (Å²) < 4.78 is 2.86. The second-order valence-electron chi connectivity index (χ2n) is 11.6. The number of allylic oxidation sites excluding steroid dienone is 6. The number of fused-ring (bicyclic) bond motifs is 5. The van der Waals surface area contributed by atoms with Crippen molar-refractivity contribution in [3.63, 3.8) is 0 Å². The van der Waals surface area contributed by atoms with E-state index in [1.807, 2.05) is 0 Å². The number of hydrogen-bond acceptors (Lipinski definition) is 1. The van der Waals surface area contributed by atoms with Gasteiger partial charge < -0.3 is 9.47 Å². The minimum absolute atomic E-state index is 0.514. The van der Waals surface area contributed by atoms with E-state index in [-0.39, 0.29) is 0 Å². The molecule has 6 aliphatic rings. The summed E-state index contributed by atoms with van der Waals surface area (Å²) in [6.07, 6.45) is 31.1. The van der Waals surface area contributed by atoms with Crippen LogP contribution in [0.2, 0.25) is 0 Å². The molecule has 2 heterocycles. The Bertz CT molecular complexity index is 1040. The summed E-state index contributed by atoms with van der Waals surface area (Å²) in [5, 5.41) is 0. The molecule has 0 saturated heterocycles. The second-order valence-corrected chi connectivity index (χ2v) is 11.6. The molecule has 0 aromatic carbocycles. The molecule has 0 spiro atoms. The van der Waals surface area contributed by atoms with Crippen molar-refractivity contribution in [3.05, 3.63) is 69.9 Å². The molecule has 4 unspecified atom stereocenters. The Morgan fingerprint density at radius 3 is 2.36 bits per heavy atom. The van der Waals surface area contributed by atoms with E-state index in [1.165, 1.54) is 89.9 Å². The topological polar surface area (TPSA) is 8.17 Å².